The van der Waals surface area contributed by atoms with Crippen LogP contribution in [-0.4, -0.2) is 242 Å². The van der Waals surface area contributed by atoms with E-state index >= 15 is 4.39 Å². The van der Waals surface area contributed by atoms with Crippen LogP contribution in [0.15, 0.2) is 129 Å². The third-order valence-corrected chi connectivity index (χ3v) is 29.8. The minimum atomic E-state index is -4.90. The van der Waals surface area contributed by atoms with Gasteiger partial charge in [-0.1, -0.05) is 86.5 Å². The van der Waals surface area contributed by atoms with E-state index in [-0.39, 0.29) is 151 Å². The van der Waals surface area contributed by atoms with Crippen LogP contribution in [0.3, 0.4) is 0 Å². The van der Waals surface area contributed by atoms with Gasteiger partial charge in [0.25, 0.3) is 0 Å². The highest BCUT2D eigenvalue weighted by Crippen LogP contribution is 2.50. The molecule has 0 radical (unpaired) electrons. The molecule has 5 aromatic carbocycles. The van der Waals surface area contributed by atoms with Gasteiger partial charge in [-0.25, -0.2) is 23.7 Å². The highest BCUT2D eigenvalue weighted by Gasteiger charge is 2.55. The van der Waals surface area contributed by atoms with Crippen LogP contribution in [0.25, 0.3) is 21.5 Å². The summed E-state index contributed by atoms with van der Waals surface area (Å²) in [6, 6.07) is 42.1. The molecule has 9 atom stereocenters. The number of amides is 3. The highest BCUT2D eigenvalue weighted by molar-refractivity contribution is 7.59. The second kappa shape index (κ2) is 42.8. The number of alkyl halides is 4. The second-order valence-corrected chi connectivity index (χ2v) is 38.2. The fourth-order valence-corrected chi connectivity index (χ4v) is 23.3. The van der Waals surface area contributed by atoms with Crippen molar-refractivity contribution in [2.75, 3.05) is 168 Å². The topological polar surface area (TPSA) is 299 Å². The fraction of sp³-hybridized carbons (Fsp3) is 0.467. The number of anilines is 6. The number of nitriles is 6. The first kappa shape index (κ1) is 101. The molecule has 8 aromatic rings. The van der Waals surface area contributed by atoms with Crippen LogP contribution in [0.5, 0.6) is 17.6 Å². The van der Waals surface area contributed by atoms with E-state index in [0.29, 0.717) is 125 Å². The maximum Gasteiger partial charge on any atom is 0.421 e. The zero-order valence-electron chi connectivity index (χ0n) is 79.2. The molecule has 8 fully saturated rings. The van der Waals surface area contributed by atoms with Crippen molar-refractivity contribution in [3.05, 3.63) is 202 Å². The molecule has 0 saturated carbocycles. The Kier molecular flexibility index (Phi) is 31.0. The van der Waals surface area contributed by atoms with Gasteiger partial charge in [0.2, 0.25) is 35.4 Å². The molecule has 3 amide bonds. The maximum absolute atomic E-state index is 15.3. The molecule has 11 aliphatic heterocycles. The molecule has 3 aromatic heterocycles. The standard InChI is InChI=1S/C38H42FN7O2.C36H39N7O2.C31H33F4N7O2.2H2S/c1-4-33(47)46-19-18-44(21-28(46)12-15-40)35-29-13-17-43(32-11-6-10-27-9-5-8-26(2)34(27)32)22-31(29)42-36(30(35)20-41)48-25-38-14-7-16-45(38)24-37(3,39)23-38;1-3-33(44)43-17-16-42(21-27(43)10-13-37)35-29-12-15-41(32-9-5-8-26-7-4-6-24(2)34(26)32)22-31(29)39-36(30(35)19-38)45-23-28-18-25-11-14-40(28)20-25;1-3-27(43)42-15-14-41(17-20(42)9-11-36)29-22-10-13-40(26-8-4-7-24(32)28(26)31(33,34)35)18-25(22)38-30(23(29)16-37)44-19-21-6-5-12-39(21)2;;/h4-6,8-11,28H,1,7,12-14,16-19,21-25H2,2-3H3;3-9,25,27-28H,1,10-12,14-18,20-23H2,2H3;3-4,7-8,20-21H,1,5-6,9-10,12-15,17-19H2,2H3;2*1H2/t28-,37?,38?;25?,27-,28-;20-,21-;;/m000../s1. The zero-order chi connectivity index (χ0) is 96.3. The Morgan fingerprint density at radius 1 is 0.504 bits per heavy atom. The average molecular weight is 1930 g/mol. The van der Waals surface area contributed by atoms with Crippen molar-refractivity contribution in [1.82, 2.24) is 44.4 Å². The molecule has 8 saturated heterocycles. The predicted octanol–water partition coefficient (Wildman–Crippen LogP) is 14.5. The van der Waals surface area contributed by atoms with Gasteiger partial charge < -0.3 is 63.2 Å². The van der Waals surface area contributed by atoms with Crippen LogP contribution in [-0.2, 0) is 59.5 Å². The number of aryl methyl sites for hydroxylation is 2. The number of ether oxygens (including phenoxy) is 3. The SMILES string of the molecule is C=CC(=O)N1CCN(c2c(C#N)c(OCC34CCCN3CC(C)(F)C4)nc3c2CCN(c2cccc4cccc(C)c24)C3)C[C@@H]1CC#N.C=CC(=O)N1CCN(c2c(C#N)c(OC[C@@H]3CC4CCN3C4)nc3c2CCN(c2cccc4cccc(C)c24)C3)C[C@@H]1CC#N.C=CC(=O)N1CCN(c2c(C#N)c(OC[C@@H]3CCCN3C)nc3c2CCN(c2cccc(F)c2C(F)(F)F)C3)C[C@@H]1CC#N.S.S. The molecule has 2 bridgehead atoms. The molecule has 11 aliphatic rings. The van der Waals surface area contributed by atoms with Crippen molar-refractivity contribution in [1.29, 1.82) is 31.6 Å². The number of benzene rings is 5. The lowest BCUT2D eigenvalue weighted by molar-refractivity contribution is -0.139. The largest absolute Gasteiger partial charge is 0.475 e. The van der Waals surface area contributed by atoms with E-state index in [1.54, 1.807) is 21.6 Å². The van der Waals surface area contributed by atoms with Gasteiger partial charge in [-0.2, -0.15) is 71.7 Å². The van der Waals surface area contributed by atoms with Gasteiger partial charge >= 0.3 is 6.18 Å². The van der Waals surface area contributed by atoms with Gasteiger partial charge in [0, 0.05) is 149 Å². The van der Waals surface area contributed by atoms with E-state index in [2.05, 4.69) is 177 Å². The van der Waals surface area contributed by atoms with Crippen LogP contribution in [0, 0.1) is 93.6 Å². The first-order valence-corrected chi connectivity index (χ1v) is 47.6. The first-order chi connectivity index (χ1) is 66.2. The lowest BCUT2D eigenvalue weighted by Gasteiger charge is -2.43. The number of fused-ring (bicyclic) bond motifs is 8. The van der Waals surface area contributed by atoms with E-state index in [1.807, 2.05) is 11.9 Å². The monoisotopic (exact) mass is 1930 g/mol. The molecule has 4 unspecified atom stereocenters. The van der Waals surface area contributed by atoms with Crippen molar-refractivity contribution in [3.63, 3.8) is 0 Å². The van der Waals surface area contributed by atoms with Crippen LogP contribution >= 0.6 is 27.0 Å². The van der Waals surface area contributed by atoms with Crippen LogP contribution in [0.1, 0.15) is 138 Å². The van der Waals surface area contributed by atoms with Gasteiger partial charge in [-0.3, -0.25) is 24.2 Å². The number of nitrogens with zero attached hydrogens (tertiary/aromatic N) is 21. The Morgan fingerprint density at radius 3 is 1.32 bits per heavy atom. The summed E-state index contributed by atoms with van der Waals surface area (Å²) < 4.78 is 90.8. The summed E-state index contributed by atoms with van der Waals surface area (Å²) in [5, 5.41) is 65.3. The number of carbonyl (C=O) groups excluding carboxylic acids is 3. The molecule has 34 heteroatoms. The molecule has 139 heavy (non-hydrogen) atoms. The summed E-state index contributed by atoms with van der Waals surface area (Å²) >= 11 is 0. The number of hydrogen-bond donors (Lipinski definition) is 0. The molecule has 0 spiro atoms. The first-order valence-electron chi connectivity index (χ1n) is 47.6. The molecular weight excluding hydrogens is 1810 g/mol. The highest BCUT2D eigenvalue weighted by atomic mass is 32.1. The summed E-state index contributed by atoms with van der Waals surface area (Å²) in [4.78, 5) is 77.1. The summed E-state index contributed by atoms with van der Waals surface area (Å²) in [5.41, 5.74) is 9.63. The molecule has 0 aliphatic carbocycles. The zero-order valence-corrected chi connectivity index (χ0v) is 81.2. The Morgan fingerprint density at radius 2 is 0.921 bits per heavy atom. The van der Waals surface area contributed by atoms with E-state index in [4.69, 9.17) is 29.2 Å². The van der Waals surface area contributed by atoms with E-state index < -0.39 is 34.8 Å². The summed E-state index contributed by atoms with van der Waals surface area (Å²) in [5.74, 6) is -0.518. The van der Waals surface area contributed by atoms with E-state index in [0.717, 1.165) is 129 Å². The minimum absolute atomic E-state index is 0. The van der Waals surface area contributed by atoms with Gasteiger partial charge in [0.15, 0.2) is 0 Å². The quantitative estimate of drug-likeness (QED) is 0.0477. The van der Waals surface area contributed by atoms with Crippen molar-refractivity contribution >= 4 is 100 Å². The van der Waals surface area contributed by atoms with E-state index in [9.17, 15) is 63.5 Å². The van der Waals surface area contributed by atoms with Gasteiger partial charge in [-0.05, 0) is 176 Å². The number of halogens is 5. The smallest absolute Gasteiger partial charge is 0.421 e. The number of hydrogen-bond acceptors (Lipinski definition) is 24. The lowest BCUT2D eigenvalue weighted by Crippen LogP contribution is -2.55. The second-order valence-electron chi connectivity index (χ2n) is 38.2. The fourth-order valence-electron chi connectivity index (χ4n) is 23.3. The molecule has 14 heterocycles. The third-order valence-electron chi connectivity index (χ3n) is 29.8. The van der Waals surface area contributed by atoms with Crippen molar-refractivity contribution in [2.24, 2.45) is 5.92 Å². The maximum atomic E-state index is 15.3. The Bertz CT molecular complexity index is 6310. The molecule has 726 valence electrons. The number of aromatic nitrogens is 3. The number of piperazine rings is 3. The van der Waals surface area contributed by atoms with Crippen LogP contribution in [0.2, 0.25) is 0 Å². The van der Waals surface area contributed by atoms with Crippen LogP contribution < -0.4 is 43.6 Å². The molecule has 27 nitrogen and oxygen atoms in total. The van der Waals surface area contributed by atoms with Crippen molar-refractivity contribution < 1.29 is 50.5 Å². The molecular formula is C105H118F5N21O6S2. The van der Waals surface area contributed by atoms with Crippen molar-refractivity contribution in [2.45, 2.75) is 171 Å². The Labute approximate surface area is 822 Å². The van der Waals surface area contributed by atoms with Crippen LogP contribution in [0.4, 0.5) is 56.1 Å². The Hall–Kier alpha value is -12.9. The van der Waals surface area contributed by atoms with Gasteiger partial charge in [0.05, 0.1) is 121 Å². The van der Waals surface area contributed by atoms with Gasteiger partial charge in [0.1, 0.15) is 71.8 Å². The predicted molar refractivity (Wildman–Crippen MR) is 533 cm³/mol. The number of carbonyl (C=O) groups is 3. The molecule has 0 N–H and O–H groups in total. The van der Waals surface area contributed by atoms with E-state index in [1.165, 1.54) is 80.0 Å². The lowest BCUT2D eigenvalue weighted by atomic mass is 9.90. The number of piperidine rings is 1. The number of pyridine rings is 3. The third kappa shape index (κ3) is 20.4. The molecule has 19 rings (SSSR count). The average Bonchev–Trinajstić information content (AvgIpc) is 1.49. The Balaban J connectivity index is 0.000000157. The van der Waals surface area contributed by atoms with Gasteiger partial charge in [-0.15, -0.1) is 0 Å². The summed E-state index contributed by atoms with van der Waals surface area (Å²) in [6.45, 7) is 28.7. The summed E-state index contributed by atoms with van der Waals surface area (Å²) in [6.07, 6.45) is 7.52. The number of rotatable bonds is 21. The van der Waals surface area contributed by atoms with Crippen molar-refractivity contribution in [3.8, 4) is 54.1 Å². The number of likely N-dealkylation sites (N-methyl/N-ethyl adjacent to an activating group) is 1. The number of likely N-dealkylation sites (tertiary alicyclic amines) is 1. The normalized spacial score (nSPS) is 23.0. The minimum Gasteiger partial charge on any atom is -0.475 e. The summed E-state index contributed by atoms with van der Waals surface area (Å²) in [7, 11) is 1.99.